The maximum Gasteiger partial charge on any atom is 0.306 e. The summed E-state index contributed by atoms with van der Waals surface area (Å²) in [5, 5.41) is 8.82. The van der Waals surface area contributed by atoms with Gasteiger partial charge >= 0.3 is 5.97 Å². The van der Waals surface area contributed by atoms with Crippen LogP contribution in [-0.4, -0.2) is 32.1 Å². The number of rotatable bonds is 6. The van der Waals surface area contributed by atoms with Gasteiger partial charge in [0.2, 0.25) is 0 Å². The highest BCUT2D eigenvalue weighted by Gasteiger charge is 2.27. The third-order valence-electron chi connectivity index (χ3n) is 2.94. The number of hydrogen-bond acceptors (Lipinski definition) is 3. The number of carboxylic acid groups (broad SMARTS) is 1. The lowest BCUT2D eigenvalue weighted by Crippen LogP contribution is -2.44. The molecule has 0 amide bonds. The number of hydrogen-bond donors (Lipinski definition) is 3. The lowest BCUT2D eigenvalue weighted by atomic mass is 9.87. The molecule has 1 fully saturated rings. The van der Waals surface area contributed by atoms with Gasteiger partial charge in [-0.25, -0.2) is 4.72 Å². The summed E-state index contributed by atoms with van der Waals surface area (Å²) >= 11 is 0. The first-order valence-electron chi connectivity index (χ1n) is 5.94. The highest BCUT2D eigenvalue weighted by molar-refractivity contribution is 7.87. The Morgan fingerprint density at radius 2 is 1.88 bits per heavy atom. The molecular weight excluding hydrogens is 244 g/mol. The van der Waals surface area contributed by atoms with Gasteiger partial charge in [0, 0.05) is 12.6 Å². The van der Waals surface area contributed by atoms with Crippen LogP contribution in [0.4, 0.5) is 0 Å². The van der Waals surface area contributed by atoms with E-state index in [1.807, 2.05) is 6.92 Å². The number of aliphatic carboxylic acids is 1. The first-order valence-corrected chi connectivity index (χ1v) is 7.42. The van der Waals surface area contributed by atoms with E-state index in [0.717, 1.165) is 6.42 Å². The molecule has 0 unspecified atom stereocenters. The minimum atomic E-state index is -3.43. The van der Waals surface area contributed by atoms with Gasteiger partial charge in [-0.2, -0.15) is 13.1 Å². The molecule has 7 heteroatoms. The highest BCUT2D eigenvalue weighted by Crippen LogP contribution is 2.24. The van der Waals surface area contributed by atoms with E-state index >= 15 is 0 Å². The molecule has 6 nitrogen and oxygen atoms in total. The lowest BCUT2D eigenvalue weighted by Gasteiger charge is -2.26. The molecule has 0 saturated heterocycles. The molecule has 1 rings (SSSR count). The van der Waals surface area contributed by atoms with Crippen LogP contribution >= 0.6 is 0 Å². The van der Waals surface area contributed by atoms with Gasteiger partial charge in [0.15, 0.2) is 0 Å². The largest absolute Gasteiger partial charge is 0.481 e. The van der Waals surface area contributed by atoms with E-state index < -0.39 is 16.2 Å². The summed E-state index contributed by atoms with van der Waals surface area (Å²) in [5.74, 6) is -1.10. The average Bonchev–Trinajstić information content (AvgIpc) is 2.26. The van der Waals surface area contributed by atoms with Crippen molar-refractivity contribution < 1.29 is 18.3 Å². The minimum absolute atomic E-state index is 0.139. The number of carbonyl (C=O) groups is 1. The van der Waals surface area contributed by atoms with Gasteiger partial charge in [0.1, 0.15) is 0 Å². The molecule has 1 aliphatic rings. The molecule has 0 atom stereocenters. The SMILES string of the molecule is CCCNS(=O)(=O)NC1CCC(C(=O)O)CC1. The van der Waals surface area contributed by atoms with Crippen LogP contribution in [0.2, 0.25) is 0 Å². The molecule has 100 valence electrons. The average molecular weight is 264 g/mol. The fourth-order valence-electron chi connectivity index (χ4n) is 1.96. The summed E-state index contributed by atoms with van der Waals surface area (Å²) in [6.07, 6.45) is 2.99. The van der Waals surface area contributed by atoms with Crippen LogP contribution < -0.4 is 9.44 Å². The Hall–Kier alpha value is -0.660. The van der Waals surface area contributed by atoms with Gasteiger partial charge in [-0.3, -0.25) is 4.79 Å². The summed E-state index contributed by atoms with van der Waals surface area (Å²) in [7, 11) is -3.43. The maximum absolute atomic E-state index is 11.5. The molecule has 0 aromatic carbocycles. The van der Waals surface area contributed by atoms with Crippen LogP contribution in [0, 0.1) is 5.92 Å². The molecule has 0 heterocycles. The van der Waals surface area contributed by atoms with Crippen molar-refractivity contribution in [3.63, 3.8) is 0 Å². The molecule has 0 aliphatic heterocycles. The first kappa shape index (κ1) is 14.4. The van der Waals surface area contributed by atoms with Gasteiger partial charge in [-0.15, -0.1) is 0 Å². The highest BCUT2D eigenvalue weighted by atomic mass is 32.2. The van der Waals surface area contributed by atoms with E-state index in [9.17, 15) is 13.2 Å². The van der Waals surface area contributed by atoms with E-state index in [0.29, 0.717) is 32.2 Å². The van der Waals surface area contributed by atoms with Crippen molar-refractivity contribution in [1.29, 1.82) is 0 Å². The van der Waals surface area contributed by atoms with Gasteiger partial charge in [0.25, 0.3) is 10.2 Å². The maximum atomic E-state index is 11.5. The van der Waals surface area contributed by atoms with E-state index in [1.165, 1.54) is 0 Å². The minimum Gasteiger partial charge on any atom is -0.481 e. The molecule has 1 aliphatic carbocycles. The summed E-state index contributed by atoms with van der Waals surface area (Å²) in [6.45, 7) is 2.31. The summed E-state index contributed by atoms with van der Waals surface area (Å²) in [4.78, 5) is 10.7. The van der Waals surface area contributed by atoms with Crippen molar-refractivity contribution in [1.82, 2.24) is 9.44 Å². The monoisotopic (exact) mass is 264 g/mol. The van der Waals surface area contributed by atoms with Crippen molar-refractivity contribution in [2.24, 2.45) is 5.92 Å². The standard InChI is InChI=1S/C10H20N2O4S/c1-2-7-11-17(15,16)12-9-5-3-8(4-6-9)10(13)14/h8-9,11-12H,2-7H2,1H3,(H,13,14). The zero-order chi connectivity index (χ0) is 12.9. The summed E-state index contributed by atoms with van der Waals surface area (Å²) in [6, 6.07) is -0.139. The van der Waals surface area contributed by atoms with E-state index in [1.54, 1.807) is 0 Å². The van der Waals surface area contributed by atoms with Crippen LogP contribution in [0.3, 0.4) is 0 Å². The van der Waals surface area contributed by atoms with E-state index in [-0.39, 0.29) is 12.0 Å². The third kappa shape index (κ3) is 5.01. The third-order valence-corrected chi connectivity index (χ3v) is 4.17. The molecule has 17 heavy (non-hydrogen) atoms. The van der Waals surface area contributed by atoms with Gasteiger partial charge in [0.05, 0.1) is 5.92 Å². The van der Waals surface area contributed by atoms with Gasteiger partial charge in [-0.1, -0.05) is 6.92 Å². The first-order chi connectivity index (χ1) is 7.94. The molecule has 0 aromatic heterocycles. The second-order valence-corrected chi connectivity index (χ2v) is 5.93. The Morgan fingerprint density at radius 3 is 2.35 bits per heavy atom. The van der Waals surface area contributed by atoms with Crippen LogP contribution in [0.15, 0.2) is 0 Å². The summed E-state index contributed by atoms with van der Waals surface area (Å²) < 4.78 is 28.1. The van der Waals surface area contributed by atoms with Crippen LogP contribution in [0.5, 0.6) is 0 Å². The Labute approximate surface area is 102 Å². The fourth-order valence-corrected chi connectivity index (χ4v) is 3.19. The molecule has 1 saturated carbocycles. The van der Waals surface area contributed by atoms with Crippen LogP contribution in [0.25, 0.3) is 0 Å². The number of nitrogens with one attached hydrogen (secondary N) is 2. The molecule has 0 bridgehead atoms. The predicted molar refractivity (Wildman–Crippen MR) is 63.7 cm³/mol. The molecular formula is C10H20N2O4S. The zero-order valence-corrected chi connectivity index (χ0v) is 10.8. The van der Waals surface area contributed by atoms with E-state index in [4.69, 9.17) is 5.11 Å². The quantitative estimate of drug-likeness (QED) is 0.649. The van der Waals surface area contributed by atoms with Gasteiger partial charge < -0.3 is 5.11 Å². The van der Waals surface area contributed by atoms with Gasteiger partial charge in [-0.05, 0) is 32.1 Å². The van der Waals surface area contributed by atoms with Crippen molar-refractivity contribution in [2.75, 3.05) is 6.54 Å². The molecule has 3 N–H and O–H groups in total. The molecule has 0 radical (unpaired) electrons. The van der Waals surface area contributed by atoms with Crippen molar-refractivity contribution >= 4 is 16.2 Å². The molecule has 0 aromatic rings. The molecule has 0 spiro atoms. The lowest BCUT2D eigenvalue weighted by molar-refractivity contribution is -0.142. The normalized spacial score (nSPS) is 25.7. The van der Waals surface area contributed by atoms with E-state index in [2.05, 4.69) is 9.44 Å². The smallest absolute Gasteiger partial charge is 0.306 e. The Kier molecular flexibility index (Phi) is 5.35. The Morgan fingerprint density at radius 1 is 1.29 bits per heavy atom. The fraction of sp³-hybridized carbons (Fsp3) is 0.900. The number of carboxylic acids is 1. The Balaban J connectivity index is 2.37. The predicted octanol–water partition coefficient (Wildman–Crippen LogP) is 0.464. The Bertz CT molecular complexity index is 347. The van der Waals surface area contributed by atoms with Crippen molar-refractivity contribution in [2.45, 2.75) is 45.1 Å². The van der Waals surface area contributed by atoms with Crippen LogP contribution in [0.1, 0.15) is 39.0 Å². The second kappa shape index (κ2) is 6.32. The van der Waals surface area contributed by atoms with Crippen LogP contribution in [-0.2, 0) is 15.0 Å². The zero-order valence-electron chi connectivity index (χ0n) is 9.98. The summed E-state index contributed by atoms with van der Waals surface area (Å²) in [5.41, 5.74) is 0. The van der Waals surface area contributed by atoms with Crippen molar-refractivity contribution in [3.8, 4) is 0 Å². The van der Waals surface area contributed by atoms with Crippen molar-refractivity contribution in [3.05, 3.63) is 0 Å². The second-order valence-electron chi connectivity index (χ2n) is 4.40. The topological polar surface area (TPSA) is 95.5 Å².